The lowest BCUT2D eigenvalue weighted by molar-refractivity contribution is -0.125. The second-order valence-corrected chi connectivity index (χ2v) is 7.72. The van der Waals surface area contributed by atoms with Crippen molar-refractivity contribution in [3.63, 3.8) is 0 Å². The predicted molar refractivity (Wildman–Crippen MR) is 108 cm³/mol. The van der Waals surface area contributed by atoms with E-state index >= 15 is 0 Å². The van der Waals surface area contributed by atoms with Crippen LogP contribution in [0.15, 0.2) is 18.2 Å². The van der Waals surface area contributed by atoms with Gasteiger partial charge in [-0.3, -0.25) is 14.4 Å². The molecule has 0 radical (unpaired) electrons. The molecule has 1 aromatic rings. The summed E-state index contributed by atoms with van der Waals surface area (Å²) in [5.74, 6) is -0.566. The van der Waals surface area contributed by atoms with E-state index in [0.717, 1.165) is 19.3 Å². The van der Waals surface area contributed by atoms with Crippen molar-refractivity contribution < 1.29 is 14.4 Å². The lowest BCUT2D eigenvalue weighted by Gasteiger charge is -2.15. The molecule has 1 rings (SSSR count). The van der Waals surface area contributed by atoms with Crippen LogP contribution in [0, 0.1) is 5.92 Å². The largest absolute Gasteiger partial charge is 0.352 e. The highest BCUT2D eigenvalue weighted by Crippen LogP contribution is 2.20. The molecule has 0 aliphatic heterocycles. The second kappa shape index (κ2) is 11.8. The number of rotatable bonds is 10. The van der Waals surface area contributed by atoms with Gasteiger partial charge in [0.2, 0.25) is 11.8 Å². The quantitative estimate of drug-likeness (QED) is 0.548. The molecule has 6 nitrogen and oxygen atoms in total. The van der Waals surface area contributed by atoms with Crippen molar-refractivity contribution in [1.29, 1.82) is 0 Å². The zero-order valence-electron chi connectivity index (χ0n) is 15.9. The summed E-state index contributed by atoms with van der Waals surface area (Å²) in [6, 6.07) is 4.52. The molecule has 0 saturated heterocycles. The maximum atomic E-state index is 12.0. The van der Waals surface area contributed by atoms with E-state index in [0.29, 0.717) is 10.9 Å². The fraction of sp³-hybridized carbons (Fsp3) is 0.526. The van der Waals surface area contributed by atoms with Crippen molar-refractivity contribution in [1.82, 2.24) is 16.0 Å². The Morgan fingerprint density at radius 2 is 1.63 bits per heavy atom. The Morgan fingerprint density at radius 3 is 2.26 bits per heavy atom. The molecule has 0 unspecified atom stereocenters. The van der Waals surface area contributed by atoms with Gasteiger partial charge in [-0.15, -0.1) is 0 Å². The van der Waals surface area contributed by atoms with E-state index in [9.17, 15) is 14.4 Å². The first-order chi connectivity index (χ1) is 12.7. The smallest absolute Gasteiger partial charge is 0.253 e. The Labute approximate surface area is 170 Å². The Kier molecular flexibility index (Phi) is 10.2. The van der Waals surface area contributed by atoms with Gasteiger partial charge in [0.05, 0.1) is 23.7 Å². The van der Waals surface area contributed by atoms with Crippen LogP contribution in [0.1, 0.15) is 50.4 Å². The van der Waals surface area contributed by atoms with E-state index in [1.807, 2.05) is 6.92 Å². The van der Waals surface area contributed by atoms with Crippen LogP contribution >= 0.6 is 23.2 Å². The van der Waals surface area contributed by atoms with Crippen LogP contribution in [0.2, 0.25) is 10.0 Å². The molecule has 0 saturated carbocycles. The average molecular weight is 416 g/mol. The topological polar surface area (TPSA) is 87.3 Å². The fourth-order valence-electron chi connectivity index (χ4n) is 2.40. The van der Waals surface area contributed by atoms with Crippen LogP contribution in [-0.4, -0.2) is 36.9 Å². The molecule has 0 aliphatic rings. The normalized spacial score (nSPS) is 11.8. The van der Waals surface area contributed by atoms with Crippen molar-refractivity contribution in [2.24, 2.45) is 5.92 Å². The van der Waals surface area contributed by atoms with Gasteiger partial charge in [0.15, 0.2) is 0 Å². The SMILES string of the molecule is CC(C)CCC[C@H](C)NC(=O)CNC(=O)CNC(=O)c1ccc(Cl)cc1Cl. The van der Waals surface area contributed by atoms with Crippen LogP contribution in [0.5, 0.6) is 0 Å². The molecular formula is C19H27Cl2N3O3. The number of hydrogen-bond acceptors (Lipinski definition) is 3. The van der Waals surface area contributed by atoms with E-state index in [1.54, 1.807) is 0 Å². The number of nitrogens with one attached hydrogen (secondary N) is 3. The minimum Gasteiger partial charge on any atom is -0.352 e. The van der Waals surface area contributed by atoms with Gasteiger partial charge in [0.25, 0.3) is 5.91 Å². The molecule has 1 atom stereocenters. The zero-order chi connectivity index (χ0) is 20.4. The number of hydrogen-bond donors (Lipinski definition) is 3. The van der Waals surface area contributed by atoms with Crippen molar-refractivity contribution in [2.45, 2.75) is 46.1 Å². The first-order valence-electron chi connectivity index (χ1n) is 8.98. The Balaban J connectivity index is 2.28. The number of carbonyl (C=O) groups is 3. The van der Waals surface area contributed by atoms with E-state index in [1.165, 1.54) is 18.2 Å². The number of amides is 3. The molecular weight excluding hydrogens is 389 g/mol. The maximum Gasteiger partial charge on any atom is 0.253 e. The van der Waals surface area contributed by atoms with Crippen LogP contribution in [0.25, 0.3) is 0 Å². The summed E-state index contributed by atoms with van der Waals surface area (Å²) in [4.78, 5) is 35.7. The summed E-state index contributed by atoms with van der Waals surface area (Å²) in [5, 5.41) is 8.38. The summed E-state index contributed by atoms with van der Waals surface area (Å²) in [5.41, 5.74) is 0.224. The minimum absolute atomic E-state index is 0.0555. The first-order valence-corrected chi connectivity index (χ1v) is 9.74. The van der Waals surface area contributed by atoms with Crippen molar-refractivity contribution in [3.05, 3.63) is 33.8 Å². The van der Waals surface area contributed by atoms with E-state index < -0.39 is 11.8 Å². The monoisotopic (exact) mass is 415 g/mol. The second-order valence-electron chi connectivity index (χ2n) is 6.88. The summed E-state index contributed by atoms with van der Waals surface area (Å²) < 4.78 is 0. The molecule has 150 valence electrons. The minimum atomic E-state index is -0.491. The Bertz CT molecular complexity index is 666. The van der Waals surface area contributed by atoms with Crippen LogP contribution in [0.3, 0.4) is 0 Å². The average Bonchev–Trinajstić information content (AvgIpc) is 2.57. The molecule has 0 bridgehead atoms. The van der Waals surface area contributed by atoms with Crippen molar-refractivity contribution in [3.8, 4) is 0 Å². The Hall–Kier alpha value is -1.79. The van der Waals surface area contributed by atoms with Gasteiger partial charge in [-0.05, 0) is 37.5 Å². The van der Waals surface area contributed by atoms with Gasteiger partial charge in [-0.25, -0.2) is 0 Å². The van der Waals surface area contributed by atoms with E-state index in [4.69, 9.17) is 23.2 Å². The molecule has 0 heterocycles. The first kappa shape index (κ1) is 23.2. The number of halogens is 2. The summed E-state index contributed by atoms with van der Waals surface area (Å²) in [6.07, 6.45) is 3.06. The van der Waals surface area contributed by atoms with Crippen molar-refractivity contribution in [2.75, 3.05) is 13.1 Å². The third-order valence-electron chi connectivity index (χ3n) is 3.86. The van der Waals surface area contributed by atoms with Gasteiger partial charge >= 0.3 is 0 Å². The van der Waals surface area contributed by atoms with E-state index in [2.05, 4.69) is 29.8 Å². The fourth-order valence-corrected chi connectivity index (χ4v) is 2.90. The van der Waals surface area contributed by atoms with Gasteiger partial charge < -0.3 is 16.0 Å². The summed E-state index contributed by atoms with van der Waals surface area (Å²) in [6.45, 7) is 5.88. The molecule has 0 aliphatic carbocycles. The molecule has 8 heteroatoms. The lowest BCUT2D eigenvalue weighted by Crippen LogP contribution is -2.44. The molecule has 3 amide bonds. The van der Waals surface area contributed by atoms with Crippen LogP contribution in [0.4, 0.5) is 0 Å². The third kappa shape index (κ3) is 9.63. The summed E-state index contributed by atoms with van der Waals surface area (Å²) in [7, 11) is 0. The highest BCUT2D eigenvalue weighted by atomic mass is 35.5. The predicted octanol–water partition coefficient (Wildman–Crippen LogP) is 3.17. The zero-order valence-corrected chi connectivity index (χ0v) is 17.4. The van der Waals surface area contributed by atoms with Gasteiger partial charge in [0.1, 0.15) is 0 Å². The van der Waals surface area contributed by atoms with Gasteiger partial charge in [0, 0.05) is 11.1 Å². The lowest BCUT2D eigenvalue weighted by atomic mass is 10.0. The Morgan fingerprint density at radius 1 is 0.963 bits per heavy atom. The molecule has 27 heavy (non-hydrogen) atoms. The number of carbonyl (C=O) groups excluding carboxylic acids is 3. The van der Waals surface area contributed by atoms with Crippen molar-refractivity contribution >= 4 is 40.9 Å². The number of benzene rings is 1. The standard InChI is InChI=1S/C19H27Cl2N3O3/c1-12(2)5-4-6-13(3)24-18(26)11-22-17(25)10-23-19(27)15-8-7-14(20)9-16(15)21/h7-9,12-13H,4-6,10-11H2,1-3H3,(H,22,25)(H,23,27)(H,24,26)/t13-/m0/s1. The van der Waals surface area contributed by atoms with Gasteiger partial charge in [-0.1, -0.05) is 49.9 Å². The summed E-state index contributed by atoms with van der Waals surface area (Å²) >= 11 is 11.7. The molecule has 0 fully saturated rings. The highest BCUT2D eigenvalue weighted by molar-refractivity contribution is 6.36. The highest BCUT2D eigenvalue weighted by Gasteiger charge is 2.13. The molecule has 3 N–H and O–H groups in total. The van der Waals surface area contributed by atoms with Crippen LogP contribution in [-0.2, 0) is 9.59 Å². The molecule has 1 aromatic carbocycles. The molecule has 0 aromatic heterocycles. The van der Waals surface area contributed by atoms with Crippen LogP contribution < -0.4 is 16.0 Å². The third-order valence-corrected chi connectivity index (χ3v) is 4.41. The molecule has 0 spiro atoms. The maximum absolute atomic E-state index is 12.0. The van der Waals surface area contributed by atoms with E-state index in [-0.39, 0.29) is 35.6 Å². The van der Waals surface area contributed by atoms with Gasteiger partial charge in [-0.2, -0.15) is 0 Å².